The van der Waals surface area contributed by atoms with Gasteiger partial charge in [-0.05, 0) is 83.8 Å². The smallest absolute Gasteiger partial charge is 0.338 e. The lowest BCUT2D eigenvalue weighted by molar-refractivity contribution is -0.144. The first kappa shape index (κ1) is 42.0. The molecule has 0 saturated carbocycles. The third-order valence-electron chi connectivity index (χ3n) is 9.98. The van der Waals surface area contributed by atoms with Gasteiger partial charge >= 0.3 is 11.9 Å². The van der Waals surface area contributed by atoms with Crippen molar-refractivity contribution < 1.29 is 48.0 Å². The maximum absolute atomic E-state index is 14.7. The van der Waals surface area contributed by atoms with Crippen LogP contribution >= 0.6 is 0 Å². The summed E-state index contributed by atoms with van der Waals surface area (Å²) in [5.74, 6) is -0.484. The van der Waals surface area contributed by atoms with E-state index in [1.165, 1.54) is 4.90 Å². The zero-order valence-electron chi connectivity index (χ0n) is 33.3. The van der Waals surface area contributed by atoms with E-state index in [0.717, 1.165) is 11.1 Å². The number of fused-ring (bicyclic) bond motifs is 1. The number of nitrogens with zero attached hydrogens (tertiary/aromatic N) is 1. The average molecular weight is 801 g/mol. The first-order valence-electron chi connectivity index (χ1n) is 19.5. The Bertz CT molecular complexity index is 2190. The molecule has 12 heteroatoms. The molecule has 2 amide bonds. The highest BCUT2D eigenvalue weighted by Crippen LogP contribution is 2.43. The van der Waals surface area contributed by atoms with E-state index in [2.05, 4.69) is 5.32 Å². The van der Waals surface area contributed by atoms with Crippen molar-refractivity contribution in [3.05, 3.63) is 144 Å². The minimum Gasteiger partial charge on any atom is -0.497 e. The van der Waals surface area contributed by atoms with E-state index in [-0.39, 0.29) is 44.6 Å². The molecule has 0 radical (unpaired) electrons. The van der Waals surface area contributed by atoms with E-state index in [4.69, 9.17) is 23.7 Å². The molecule has 0 aliphatic carbocycles. The van der Waals surface area contributed by atoms with Gasteiger partial charge in [-0.2, -0.15) is 0 Å². The Hall–Kier alpha value is -6.66. The van der Waals surface area contributed by atoms with E-state index in [1.807, 2.05) is 42.5 Å². The van der Waals surface area contributed by atoms with Gasteiger partial charge in [0.05, 0.1) is 64.3 Å². The predicted octanol–water partition coefficient (Wildman–Crippen LogP) is 6.67. The van der Waals surface area contributed by atoms with Crippen molar-refractivity contribution in [2.75, 3.05) is 38.9 Å². The van der Waals surface area contributed by atoms with Crippen molar-refractivity contribution in [3.8, 4) is 28.4 Å². The number of nitrogens with one attached hydrogen (secondary N) is 1. The number of amides is 2. The monoisotopic (exact) mass is 800 g/mol. The van der Waals surface area contributed by atoms with E-state index in [9.17, 15) is 24.3 Å². The summed E-state index contributed by atoms with van der Waals surface area (Å²) in [7, 11) is 3.11. The summed E-state index contributed by atoms with van der Waals surface area (Å²) in [5.41, 5.74) is 4.28. The molecule has 5 aromatic rings. The molecule has 2 N–H and O–H groups in total. The first-order chi connectivity index (χ1) is 28.7. The van der Waals surface area contributed by atoms with E-state index >= 15 is 0 Å². The quantitative estimate of drug-likeness (QED) is 0.0772. The normalized spacial score (nSPS) is 15.7. The molecule has 6 rings (SSSR count). The molecular formula is C47H48N2O10. The number of aliphatic hydroxyl groups excluding tert-OH is 1. The minimum atomic E-state index is -1.29. The van der Waals surface area contributed by atoms with Crippen molar-refractivity contribution in [1.29, 1.82) is 0 Å². The third kappa shape index (κ3) is 10.6. The number of anilines is 1. The maximum atomic E-state index is 14.7. The van der Waals surface area contributed by atoms with Gasteiger partial charge in [-0.25, -0.2) is 4.79 Å². The van der Waals surface area contributed by atoms with Crippen LogP contribution in [0.15, 0.2) is 121 Å². The number of benzene rings is 5. The Labute approximate surface area is 343 Å². The van der Waals surface area contributed by atoms with Crippen LogP contribution in [0.1, 0.15) is 52.9 Å². The van der Waals surface area contributed by atoms with Gasteiger partial charge in [-0.3, -0.25) is 14.4 Å². The van der Waals surface area contributed by atoms with Crippen LogP contribution in [0, 0.1) is 0 Å². The number of carbonyl (C=O) groups is 4. The lowest BCUT2D eigenvalue weighted by Gasteiger charge is -2.45. The predicted molar refractivity (Wildman–Crippen MR) is 222 cm³/mol. The van der Waals surface area contributed by atoms with E-state index in [0.29, 0.717) is 46.0 Å². The summed E-state index contributed by atoms with van der Waals surface area (Å²) < 4.78 is 28.4. The van der Waals surface area contributed by atoms with Crippen LogP contribution in [-0.2, 0) is 36.7 Å². The van der Waals surface area contributed by atoms with Gasteiger partial charge in [0, 0.05) is 24.3 Å². The van der Waals surface area contributed by atoms with Gasteiger partial charge in [-0.15, -0.1) is 0 Å². The number of rotatable bonds is 17. The number of methoxy groups -OCH3 is 2. The standard InChI is InChI=1S/C47H48N2O10/c1-4-57-44(53)30-41-46(59-47(54)35-17-15-34(16-18-35)33-9-6-5-7-10-33)45(48-42(51)27-31-11-19-36(55-2)20-12-31)39-29-38(58-26-8-25-50)23-24-40(39)49(41)43(52)28-32-13-21-37(56-3)22-14-32/h5-7,9-24,29,41,45-46,50H,4,8,25-28,30H2,1-3H3,(H,48,51)/t41-,45-,46-/m0/s1. The summed E-state index contributed by atoms with van der Waals surface area (Å²) in [6, 6.07) is 33.6. The maximum Gasteiger partial charge on any atom is 0.338 e. The molecule has 0 spiro atoms. The minimum absolute atomic E-state index is 0.0349. The van der Waals surface area contributed by atoms with Crippen LogP contribution in [0.25, 0.3) is 11.1 Å². The molecule has 0 unspecified atom stereocenters. The molecule has 12 nitrogen and oxygen atoms in total. The second kappa shape index (κ2) is 20.2. The Morgan fingerprint density at radius 2 is 1.34 bits per heavy atom. The molecule has 306 valence electrons. The summed E-state index contributed by atoms with van der Waals surface area (Å²) in [6.07, 6.45) is -1.39. The first-order valence-corrected chi connectivity index (χ1v) is 19.5. The molecule has 1 heterocycles. The largest absolute Gasteiger partial charge is 0.497 e. The van der Waals surface area contributed by atoms with Crippen LogP contribution in [0.4, 0.5) is 5.69 Å². The van der Waals surface area contributed by atoms with Crippen molar-refractivity contribution in [2.24, 2.45) is 0 Å². The van der Waals surface area contributed by atoms with Crippen LogP contribution in [0.3, 0.4) is 0 Å². The van der Waals surface area contributed by atoms with Gasteiger partial charge in [0.2, 0.25) is 11.8 Å². The van der Waals surface area contributed by atoms with Crippen LogP contribution in [0.5, 0.6) is 17.2 Å². The van der Waals surface area contributed by atoms with Gasteiger partial charge in [-0.1, -0.05) is 66.7 Å². The summed E-state index contributed by atoms with van der Waals surface area (Å²) in [6.45, 7) is 1.88. The Morgan fingerprint density at radius 3 is 1.95 bits per heavy atom. The number of carbonyl (C=O) groups excluding carboxylic acids is 4. The number of esters is 2. The molecular weight excluding hydrogens is 753 g/mol. The van der Waals surface area contributed by atoms with Crippen LogP contribution < -0.4 is 24.4 Å². The van der Waals surface area contributed by atoms with Crippen LogP contribution in [0.2, 0.25) is 0 Å². The fourth-order valence-corrected chi connectivity index (χ4v) is 7.07. The molecule has 0 fully saturated rings. The second-order valence-electron chi connectivity index (χ2n) is 13.9. The second-order valence-corrected chi connectivity index (χ2v) is 13.9. The van der Waals surface area contributed by atoms with Crippen molar-refractivity contribution >= 4 is 29.4 Å². The Morgan fingerprint density at radius 1 is 0.729 bits per heavy atom. The van der Waals surface area contributed by atoms with Gasteiger partial charge in [0.25, 0.3) is 0 Å². The zero-order chi connectivity index (χ0) is 41.7. The van der Waals surface area contributed by atoms with E-state index < -0.39 is 41.9 Å². The van der Waals surface area contributed by atoms with Crippen LogP contribution in [-0.4, -0.2) is 75.0 Å². The highest BCUT2D eigenvalue weighted by molar-refractivity contribution is 5.98. The molecule has 1 aliphatic rings. The topological polar surface area (TPSA) is 150 Å². The highest BCUT2D eigenvalue weighted by atomic mass is 16.6. The average Bonchev–Trinajstić information content (AvgIpc) is 3.26. The zero-order valence-corrected chi connectivity index (χ0v) is 33.3. The fourth-order valence-electron chi connectivity index (χ4n) is 7.07. The molecule has 0 bridgehead atoms. The van der Waals surface area contributed by atoms with Crippen molar-refractivity contribution in [1.82, 2.24) is 5.32 Å². The SMILES string of the molecule is CCOC(=O)C[C@H]1[C@H](OC(=O)c2ccc(-c3ccccc3)cc2)[C@@H](NC(=O)Cc2ccc(OC)cc2)c2cc(OCCCO)ccc2N1C(=O)Cc1ccc(OC)cc1. The lowest BCUT2D eigenvalue weighted by Crippen LogP contribution is -2.58. The molecule has 3 atom stereocenters. The summed E-state index contributed by atoms with van der Waals surface area (Å²) >= 11 is 0. The summed E-state index contributed by atoms with van der Waals surface area (Å²) in [5, 5.41) is 12.5. The molecule has 0 saturated heterocycles. The lowest BCUT2D eigenvalue weighted by atomic mass is 9.85. The van der Waals surface area contributed by atoms with Gasteiger partial charge in [0.1, 0.15) is 23.4 Å². The highest BCUT2D eigenvalue weighted by Gasteiger charge is 2.48. The number of hydrogen-bond donors (Lipinski definition) is 2. The van der Waals surface area contributed by atoms with E-state index in [1.54, 1.807) is 100 Å². The summed E-state index contributed by atoms with van der Waals surface area (Å²) in [4.78, 5) is 57.9. The van der Waals surface area contributed by atoms with Gasteiger partial charge < -0.3 is 39.0 Å². The van der Waals surface area contributed by atoms with Gasteiger partial charge in [0.15, 0.2) is 0 Å². The molecule has 59 heavy (non-hydrogen) atoms. The molecule has 0 aromatic heterocycles. The number of ether oxygens (including phenoxy) is 5. The van der Waals surface area contributed by atoms with Crippen molar-refractivity contribution in [3.63, 3.8) is 0 Å². The number of aliphatic hydroxyl groups is 1. The third-order valence-corrected chi connectivity index (χ3v) is 9.98. The number of hydrogen-bond acceptors (Lipinski definition) is 10. The molecule has 1 aliphatic heterocycles. The Balaban J connectivity index is 1.45. The fraction of sp³-hybridized carbons (Fsp3) is 0.277. The Kier molecular flexibility index (Phi) is 14.3. The molecule has 5 aromatic carbocycles. The van der Waals surface area contributed by atoms with Crippen molar-refractivity contribution in [2.45, 2.75) is 50.8 Å².